The molecule has 0 spiro atoms. The fraction of sp³-hybridized carbons (Fsp3) is 1.00. The summed E-state index contributed by atoms with van der Waals surface area (Å²) in [4.78, 5) is 10.3. The summed E-state index contributed by atoms with van der Waals surface area (Å²) in [6, 6.07) is -0.639. The van der Waals surface area contributed by atoms with E-state index in [0.29, 0.717) is 39.5 Å². The normalized spacial score (nSPS) is 32.8. The summed E-state index contributed by atoms with van der Waals surface area (Å²) in [5.41, 5.74) is -1.09. The van der Waals surface area contributed by atoms with Crippen LogP contribution in [0.2, 0.25) is 0 Å². The molecular formula is C19H36BNO12. The van der Waals surface area contributed by atoms with Crippen LogP contribution in [-0.4, -0.2) is 147 Å². The van der Waals surface area contributed by atoms with Gasteiger partial charge in [0.2, 0.25) is 0 Å². The lowest BCUT2D eigenvalue weighted by atomic mass is 9.92. The first-order valence-corrected chi connectivity index (χ1v) is 10.9. The number of ether oxygens (including phenoxy) is 5. The van der Waals surface area contributed by atoms with E-state index in [9.17, 15) is 15.3 Å². The lowest BCUT2D eigenvalue weighted by molar-refractivity contribution is -0.330. The van der Waals surface area contributed by atoms with Crippen LogP contribution in [0.25, 0.3) is 0 Å². The summed E-state index contributed by atoms with van der Waals surface area (Å²) in [7, 11) is 5.89. The van der Waals surface area contributed by atoms with Crippen molar-refractivity contribution in [2.24, 2.45) is 5.92 Å². The minimum atomic E-state index is -1.16. The fourth-order valence-electron chi connectivity index (χ4n) is 3.88. The molecule has 14 heteroatoms. The van der Waals surface area contributed by atoms with Gasteiger partial charge < -0.3 is 39.0 Å². The van der Waals surface area contributed by atoms with Gasteiger partial charge in [0, 0.05) is 31.6 Å². The molecule has 0 amide bonds. The molecule has 0 bridgehead atoms. The van der Waals surface area contributed by atoms with Crippen molar-refractivity contribution in [3.63, 3.8) is 0 Å². The highest BCUT2D eigenvalue weighted by atomic mass is 17.1. The van der Waals surface area contributed by atoms with Gasteiger partial charge >= 0.3 is 0 Å². The molecule has 5 N–H and O–H groups in total. The van der Waals surface area contributed by atoms with Crippen molar-refractivity contribution < 1.29 is 59.3 Å². The van der Waals surface area contributed by atoms with Crippen LogP contribution >= 0.6 is 0 Å². The van der Waals surface area contributed by atoms with Gasteiger partial charge in [0.05, 0.1) is 45.7 Å². The Morgan fingerprint density at radius 2 is 1.64 bits per heavy atom. The smallest absolute Gasteiger partial charge is 0.163 e. The van der Waals surface area contributed by atoms with Crippen molar-refractivity contribution in [2.45, 2.75) is 43.1 Å². The van der Waals surface area contributed by atoms with E-state index in [2.05, 4.69) is 9.78 Å². The quantitative estimate of drug-likeness (QED) is 0.0731. The predicted molar refractivity (Wildman–Crippen MR) is 111 cm³/mol. The van der Waals surface area contributed by atoms with Gasteiger partial charge in [-0.25, -0.2) is 9.78 Å². The van der Waals surface area contributed by atoms with E-state index in [1.54, 1.807) is 6.92 Å². The number of aliphatic hydroxyl groups is 3. The van der Waals surface area contributed by atoms with Gasteiger partial charge in [-0.1, -0.05) is 6.92 Å². The molecule has 0 aromatic heterocycles. The van der Waals surface area contributed by atoms with Gasteiger partial charge in [0.1, 0.15) is 38.9 Å². The zero-order valence-corrected chi connectivity index (χ0v) is 18.9. The molecule has 2 saturated heterocycles. The van der Waals surface area contributed by atoms with Crippen LogP contribution in [0.3, 0.4) is 0 Å². The fourth-order valence-corrected chi connectivity index (χ4v) is 3.88. The second kappa shape index (κ2) is 14.8. The van der Waals surface area contributed by atoms with E-state index in [4.69, 9.17) is 42.0 Å². The molecule has 0 aromatic carbocycles. The Balaban J connectivity index is 1.55. The van der Waals surface area contributed by atoms with Crippen LogP contribution in [-0.2, 0) is 33.5 Å². The second-order valence-electron chi connectivity index (χ2n) is 8.28. The summed E-state index contributed by atoms with van der Waals surface area (Å²) >= 11 is 0. The molecule has 6 unspecified atom stereocenters. The number of nitrogens with zero attached hydrogens (tertiary/aromatic N) is 1. The Kier molecular flexibility index (Phi) is 12.9. The minimum Gasteiger partial charge on any atom is -0.394 e. The summed E-state index contributed by atoms with van der Waals surface area (Å²) in [6.45, 7) is 3.76. The third kappa shape index (κ3) is 8.92. The lowest BCUT2D eigenvalue weighted by Crippen LogP contribution is -2.60. The molecule has 0 aliphatic carbocycles. The molecule has 2 heterocycles. The largest absolute Gasteiger partial charge is 0.394 e. The minimum absolute atomic E-state index is 0.209. The summed E-state index contributed by atoms with van der Waals surface area (Å²) in [5, 5.41) is 46.6. The lowest BCUT2D eigenvalue weighted by Gasteiger charge is -2.44. The highest BCUT2D eigenvalue weighted by molar-refractivity contribution is 6.11. The van der Waals surface area contributed by atoms with Gasteiger partial charge in [-0.3, -0.25) is 15.4 Å². The molecule has 33 heavy (non-hydrogen) atoms. The monoisotopic (exact) mass is 481 g/mol. The summed E-state index contributed by atoms with van der Waals surface area (Å²) in [5.74, 6) is -0.453. The number of morpholine rings is 1. The number of rotatable bonds is 15. The third-order valence-corrected chi connectivity index (χ3v) is 5.63. The van der Waals surface area contributed by atoms with Crippen LogP contribution in [0.15, 0.2) is 0 Å². The molecule has 2 radical (unpaired) electrons. The Labute approximate surface area is 194 Å². The van der Waals surface area contributed by atoms with E-state index in [0.717, 1.165) is 0 Å². The van der Waals surface area contributed by atoms with E-state index >= 15 is 0 Å². The van der Waals surface area contributed by atoms with E-state index in [-0.39, 0.29) is 26.4 Å². The van der Waals surface area contributed by atoms with Gasteiger partial charge in [0.25, 0.3) is 0 Å². The molecule has 2 aliphatic heterocycles. The first-order chi connectivity index (χ1) is 15.9. The number of aliphatic hydroxyl groups excluding tert-OH is 3. The first-order valence-electron chi connectivity index (χ1n) is 10.9. The summed E-state index contributed by atoms with van der Waals surface area (Å²) < 4.78 is 27.6. The Morgan fingerprint density at radius 3 is 2.27 bits per heavy atom. The van der Waals surface area contributed by atoms with Crippen LogP contribution in [0.1, 0.15) is 6.92 Å². The van der Waals surface area contributed by atoms with Crippen molar-refractivity contribution >= 4 is 7.85 Å². The molecule has 0 aromatic rings. The van der Waals surface area contributed by atoms with Crippen molar-refractivity contribution in [1.29, 1.82) is 0 Å². The predicted octanol–water partition coefficient (Wildman–Crippen LogP) is -2.34. The van der Waals surface area contributed by atoms with Crippen LogP contribution < -0.4 is 0 Å². The van der Waals surface area contributed by atoms with Gasteiger partial charge in [-0.15, -0.1) is 0 Å². The molecule has 2 aliphatic rings. The molecule has 0 saturated carbocycles. The molecule has 6 atom stereocenters. The molecule has 13 nitrogen and oxygen atoms in total. The maximum Gasteiger partial charge on any atom is 0.163 e. The van der Waals surface area contributed by atoms with Crippen molar-refractivity contribution in [1.82, 2.24) is 4.90 Å². The standard InChI is InChI=1S/C19H36BNO12/c1-13-16(23)17(24)14(9-22)32-18(13)29-7-6-28-5-4-27-3-2-21-8-15(20)33-19(10-21,11-30-25)12-31-26/h13-18,22-26H,2-12H2,1H3. The molecular weight excluding hydrogens is 445 g/mol. The van der Waals surface area contributed by atoms with E-state index in [1.807, 2.05) is 4.90 Å². The van der Waals surface area contributed by atoms with Crippen LogP contribution in [0.4, 0.5) is 0 Å². The van der Waals surface area contributed by atoms with Crippen LogP contribution in [0, 0.1) is 5.92 Å². The van der Waals surface area contributed by atoms with Gasteiger partial charge in [-0.2, -0.15) is 0 Å². The third-order valence-electron chi connectivity index (χ3n) is 5.63. The highest BCUT2D eigenvalue weighted by Crippen LogP contribution is 2.26. The maximum absolute atomic E-state index is 10.0. The Hall–Kier alpha value is -0.455. The second-order valence-corrected chi connectivity index (χ2v) is 8.28. The van der Waals surface area contributed by atoms with Gasteiger partial charge in [-0.05, 0) is 0 Å². The van der Waals surface area contributed by atoms with Crippen LogP contribution in [0.5, 0.6) is 0 Å². The average Bonchev–Trinajstić information content (AvgIpc) is 2.77. The average molecular weight is 481 g/mol. The Bertz CT molecular complexity index is 527. The first kappa shape index (κ1) is 28.8. The number of hydrogen-bond donors (Lipinski definition) is 5. The van der Waals surface area contributed by atoms with Crippen molar-refractivity contribution in [3.05, 3.63) is 0 Å². The number of hydrogen-bond acceptors (Lipinski definition) is 13. The van der Waals surface area contributed by atoms with Crippen molar-refractivity contribution in [2.75, 3.05) is 72.5 Å². The molecule has 2 rings (SSSR count). The topological polar surface area (TPSA) is 169 Å². The zero-order valence-electron chi connectivity index (χ0n) is 18.9. The highest BCUT2D eigenvalue weighted by Gasteiger charge is 2.42. The SMILES string of the molecule is [B]C1CN(CCOCCOCCOC2OC(CO)C(O)C(O)C2C)CC(COO)(COO)O1. The molecule has 192 valence electrons. The molecule has 2 fully saturated rings. The zero-order chi connectivity index (χ0) is 24.3. The van der Waals surface area contributed by atoms with Crippen molar-refractivity contribution in [3.8, 4) is 0 Å². The van der Waals surface area contributed by atoms with Gasteiger partial charge in [0.15, 0.2) is 6.29 Å². The van der Waals surface area contributed by atoms with E-state index < -0.39 is 48.7 Å². The summed E-state index contributed by atoms with van der Waals surface area (Å²) in [6.07, 6.45) is -3.85. The Morgan fingerprint density at radius 1 is 1.00 bits per heavy atom. The van der Waals surface area contributed by atoms with E-state index in [1.165, 1.54) is 0 Å². The maximum atomic E-state index is 10.0.